The fourth-order valence-electron chi connectivity index (χ4n) is 1.51. The summed E-state index contributed by atoms with van der Waals surface area (Å²) in [5, 5.41) is 6.60. The average Bonchev–Trinajstić information content (AvgIpc) is 2.40. The second-order valence-electron chi connectivity index (χ2n) is 4.70. The van der Waals surface area contributed by atoms with Crippen LogP contribution in [0.1, 0.15) is 13.3 Å². The van der Waals surface area contributed by atoms with Crippen LogP contribution in [0.5, 0.6) is 0 Å². The number of ether oxygens (including phenoxy) is 1. The Morgan fingerprint density at radius 1 is 1.21 bits per heavy atom. The van der Waals surface area contributed by atoms with Gasteiger partial charge in [-0.15, -0.1) is 0 Å². The molecule has 0 aliphatic heterocycles. The summed E-state index contributed by atoms with van der Waals surface area (Å²) in [6.07, 6.45) is 2.91. The molecule has 1 heterocycles. The molecule has 2 N–H and O–H groups in total. The lowest BCUT2D eigenvalue weighted by molar-refractivity contribution is 0.126. The van der Waals surface area contributed by atoms with Crippen molar-refractivity contribution in [3.05, 3.63) is 18.3 Å². The van der Waals surface area contributed by atoms with Gasteiger partial charge in [-0.1, -0.05) is 6.92 Å². The minimum atomic E-state index is 0.716. The number of aromatic nitrogens is 1. The number of hydrogen-bond acceptors (Lipinski definition) is 5. The Morgan fingerprint density at radius 2 is 2.05 bits per heavy atom. The van der Waals surface area contributed by atoms with Gasteiger partial charge in [-0.3, -0.25) is 0 Å². The van der Waals surface area contributed by atoms with Gasteiger partial charge >= 0.3 is 0 Å². The van der Waals surface area contributed by atoms with Crippen LogP contribution < -0.4 is 10.6 Å². The minimum Gasteiger partial charge on any atom is -0.383 e. The lowest BCUT2D eigenvalue weighted by Crippen LogP contribution is -2.20. The zero-order valence-electron chi connectivity index (χ0n) is 12.3. The van der Waals surface area contributed by atoms with Gasteiger partial charge in [-0.05, 0) is 26.6 Å². The Hall–Kier alpha value is -1.33. The first kappa shape index (κ1) is 15.7. The standard InChI is InChI=1S/C14H26N4O/c1-4-6-16-14-12-13(5-7-17-14)15-8-10-19-11-9-18(2)3/h5,7,12H,4,6,8-11H2,1-3H3,(H2,15,16,17). The Kier molecular flexibility index (Phi) is 7.93. The molecule has 0 aromatic carbocycles. The van der Waals surface area contributed by atoms with E-state index in [2.05, 4.69) is 27.4 Å². The van der Waals surface area contributed by atoms with Gasteiger partial charge in [-0.2, -0.15) is 0 Å². The fourth-order valence-corrected chi connectivity index (χ4v) is 1.51. The molecule has 0 amide bonds. The lowest BCUT2D eigenvalue weighted by atomic mass is 10.3. The molecular weight excluding hydrogens is 240 g/mol. The molecule has 0 saturated heterocycles. The maximum Gasteiger partial charge on any atom is 0.127 e. The number of hydrogen-bond donors (Lipinski definition) is 2. The molecule has 19 heavy (non-hydrogen) atoms. The Balaban J connectivity index is 2.18. The van der Waals surface area contributed by atoms with Crippen molar-refractivity contribution in [2.24, 2.45) is 0 Å². The summed E-state index contributed by atoms with van der Waals surface area (Å²) in [5.41, 5.74) is 1.07. The van der Waals surface area contributed by atoms with Crippen molar-refractivity contribution in [2.75, 3.05) is 57.6 Å². The van der Waals surface area contributed by atoms with Crippen molar-refractivity contribution in [3.8, 4) is 0 Å². The molecule has 1 aromatic rings. The number of pyridine rings is 1. The van der Waals surface area contributed by atoms with Crippen molar-refractivity contribution in [1.29, 1.82) is 0 Å². The highest BCUT2D eigenvalue weighted by Crippen LogP contribution is 2.11. The number of nitrogens with zero attached hydrogens (tertiary/aromatic N) is 2. The van der Waals surface area contributed by atoms with Crippen molar-refractivity contribution < 1.29 is 4.74 Å². The van der Waals surface area contributed by atoms with Crippen LogP contribution >= 0.6 is 0 Å². The Labute approximate surface area is 116 Å². The molecule has 0 aliphatic rings. The summed E-state index contributed by atoms with van der Waals surface area (Å²) < 4.78 is 5.53. The third kappa shape index (κ3) is 7.64. The van der Waals surface area contributed by atoms with E-state index in [-0.39, 0.29) is 0 Å². The highest BCUT2D eigenvalue weighted by atomic mass is 16.5. The lowest BCUT2D eigenvalue weighted by Gasteiger charge is -2.11. The van der Waals surface area contributed by atoms with E-state index in [0.29, 0.717) is 6.61 Å². The number of likely N-dealkylation sites (N-methyl/N-ethyl adjacent to an activating group) is 1. The van der Waals surface area contributed by atoms with Crippen molar-refractivity contribution in [3.63, 3.8) is 0 Å². The molecule has 5 nitrogen and oxygen atoms in total. The summed E-state index contributed by atoms with van der Waals surface area (Å²) in [4.78, 5) is 6.38. The van der Waals surface area contributed by atoms with E-state index in [1.807, 2.05) is 32.4 Å². The molecule has 108 valence electrons. The SMILES string of the molecule is CCCNc1cc(NCCOCCN(C)C)ccn1. The summed E-state index contributed by atoms with van der Waals surface area (Å²) in [7, 11) is 4.09. The molecule has 0 aliphatic carbocycles. The van der Waals surface area contributed by atoms with Crippen LogP contribution in [-0.4, -0.2) is 56.8 Å². The van der Waals surface area contributed by atoms with E-state index >= 15 is 0 Å². The van der Waals surface area contributed by atoms with Crippen LogP contribution in [-0.2, 0) is 4.74 Å². The maximum absolute atomic E-state index is 5.53. The zero-order valence-corrected chi connectivity index (χ0v) is 12.3. The minimum absolute atomic E-state index is 0.716. The molecule has 0 bridgehead atoms. The monoisotopic (exact) mass is 266 g/mol. The summed E-state index contributed by atoms with van der Waals surface area (Å²) in [6, 6.07) is 3.99. The number of rotatable bonds is 10. The highest BCUT2D eigenvalue weighted by molar-refractivity contribution is 5.51. The molecule has 0 radical (unpaired) electrons. The van der Waals surface area contributed by atoms with E-state index in [4.69, 9.17) is 4.74 Å². The predicted octanol–water partition coefficient (Wildman–Crippen LogP) is 1.89. The maximum atomic E-state index is 5.53. The average molecular weight is 266 g/mol. The molecule has 5 heteroatoms. The van der Waals surface area contributed by atoms with E-state index in [0.717, 1.165) is 44.2 Å². The Bertz CT molecular complexity index is 344. The van der Waals surface area contributed by atoms with Crippen LogP contribution in [0.3, 0.4) is 0 Å². The zero-order chi connectivity index (χ0) is 13.9. The summed E-state index contributed by atoms with van der Waals surface area (Å²) in [6.45, 7) is 6.34. The molecule has 0 spiro atoms. The predicted molar refractivity (Wildman–Crippen MR) is 80.9 cm³/mol. The van der Waals surface area contributed by atoms with Gasteiger partial charge in [0.05, 0.1) is 13.2 Å². The number of nitrogens with one attached hydrogen (secondary N) is 2. The van der Waals surface area contributed by atoms with E-state index < -0.39 is 0 Å². The summed E-state index contributed by atoms with van der Waals surface area (Å²) in [5.74, 6) is 0.917. The second-order valence-corrected chi connectivity index (χ2v) is 4.70. The van der Waals surface area contributed by atoms with Crippen LogP contribution in [0.15, 0.2) is 18.3 Å². The van der Waals surface area contributed by atoms with E-state index in [9.17, 15) is 0 Å². The third-order valence-corrected chi connectivity index (χ3v) is 2.57. The van der Waals surface area contributed by atoms with Gasteiger partial charge < -0.3 is 20.3 Å². The van der Waals surface area contributed by atoms with Crippen molar-refractivity contribution in [1.82, 2.24) is 9.88 Å². The molecule has 1 aromatic heterocycles. The van der Waals surface area contributed by atoms with Gasteiger partial charge in [-0.25, -0.2) is 4.98 Å². The molecule has 0 fully saturated rings. The van der Waals surface area contributed by atoms with E-state index in [1.165, 1.54) is 0 Å². The van der Waals surface area contributed by atoms with Crippen LogP contribution in [0, 0.1) is 0 Å². The largest absolute Gasteiger partial charge is 0.383 e. The van der Waals surface area contributed by atoms with Crippen LogP contribution in [0.4, 0.5) is 11.5 Å². The van der Waals surface area contributed by atoms with Crippen molar-refractivity contribution >= 4 is 11.5 Å². The molecule has 1 rings (SSSR count). The first-order chi connectivity index (χ1) is 9.22. The molecule has 0 saturated carbocycles. The third-order valence-electron chi connectivity index (χ3n) is 2.57. The van der Waals surface area contributed by atoms with Gasteiger partial charge in [0.25, 0.3) is 0 Å². The normalized spacial score (nSPS) is 10.7. The first-order valence-electron chi connectivity index (χ1n) is 6.88. The highest BCUT2D eigenvalue weighted by Gasteiger charge is 1.96. The van der Waals surface area contributed by atoms with Crippen molar-refractivity contribution in [2.45, 2.75) is 13.3 Å². The molecule has 0 atom stereocenters. The smallest absolute Gasteiger partial charge is 0.127 e. The molecule has 0 unspecified atom stereocenters. The van der Waals surface area contributed by atoms with Gasteiger partial charge in [0.2, 0.25) is 0 Å². The number of anilines is 2. The van der Waals surface area contributed by atoms with Gasteiger partial charge in [0.15, 0.2) is 0 Å². The fraction of sp³-hybridized carbons (Fsp3) is 0.643. The Morgan fingerprint density at radius 3 is 2.79 bits per heavy atom. The van der Waals surface area contributed by atoms with E-state index in [1.54, 1.807) is 0 Å². The van der Waals surface area contributed by atoms with Crippen LogP contribution in [0.25, 0.3) is 0 Å². The summed E-state index contributed by atoms with van der Waals surface area (Å²) >= 11 is 0. The molecular formula is C14H26N4O. The second kappa shape index (κ2) is 9.58. The van der Waals surface area contributed by atoms with Crippen LogP contribution in [0.2, 0.25) is 0 Å². The first-order valence-corrected chi connectivity index (χ1v) is 6.88. The van der Waals surface area contributed by atoms with Gasteiger partial charge in [0, 0.05) is 37.6 Å². The topological polar surface area (TPSA) is 49.4 Å². The quantitative estimate of drug-likeness (QED) is 0.633. The van der Waals surface area contributed by atoms with Gasteiger partial charge in [0.1, 0.15) is 5.82 Å².